The number of hydrogen-bond donors (Lipinski definition) is 2. The van der Waals surface area contributed by atoms with Gasteiger partial charge in [-0.15, -0.1) is 0 Å². The van der Waals surface area contributed by atoms with Gasteiger partial charge in [-0.05, 0) is 50.0 Å². The van der Waals surface area contributed by atoms with Crippen molar-refractivity contribution in [2.75, 3.05) is 5.32 Å². The first-order chi connectivity index (χ1) is 13.9. The van der Waals surface area contributed by atoms with Crippen LogP contribution < -0.4 is 10.5 Å². The molecule has 0 aromatic carbocycles. The van der Waals surface area contributed by atoms with Crippen LogP contribution in [0.4, 0.5) is 14.5 Å². The number of halogens is 2. The lowest BCUT2D eigenvalue weighted by Gasteiger charge is -2.37. The topological polar surface area (TPSA) is 120 Å². The van der Waals surface area contributed by atoms with Gasteiger partial charge < -0.3 is 5.32 Å². The first-order valence-corrected chi connectivity index (χ1v) is 11.2. The Labute approximate surface area is 172 Å². The molecule has 2 saturated carbocycles. The number of amides is 1. The zero-order valence-electron chi connectivity index (χ0n) is 16.7. The summed E-state index contributed by atoms with van der Waals surface area (Å²) in [6, 6.07) is 2.51. The molecule has 162 valence electrons. The summed E-state index contributed by atoms with van der Waals surface area (Å²) in [5, 5.41) is 11.3. The molecule has 2 heterocycles. The highest BCUT2D eigenvalue weighted by molar-refractivity contribution is 7.89. The second-order valence-corrected chi connectivity index (χ2v) is 9.88. The third-order valence-corrected chi connectivity index (χ3v) is 7.05. The van der Waals surface area contributed by atoms with Crippen molar-refractivity contribution in [2.45, 2.75) is 57.0 Å². The number of anilines is 1. The molecule has 4 rings (SSSR count). The van der Waals surface area contributed by atoms with Gasteiger partial charge in [0.05, 0.1) is 0 Å². The first kappa shape index (κ1) is 20.9. The molecular formula is C19H23F2N5O3S. The summed E-state index contributed by atoms with van der Waals surface area (Å²) < 4.78 is 52.5. The maximum absolute atomic E-state index is 14.1. The summed E-state index contributed by atoms with van der Waals surface area (Å²) in [7, 11) is -4.05. The molecule has 30 heavy (non-hydrogen) atoms. The highest BCUT2D eigenvalue weighted by Crippen LogP contribution is 2.64. The van der Waals surface area contributed by atoms with E-state index in [0.29, 0.717) is 12.5 Å². The van der Waals surface area contributed by atoms with Crippen LogP contribution in [0.3, 0.4) is 0 Å². The van der Waals surface area contributed by atoms with Crippen LogP contribution in [0.5, 0.6) is 0 Å². The molecule has 1 unspecified atom stereocenters. The van der Waals surface area contributed by atoms with E-state index in [-0.39, 0.29) is 22.4 Å². The fourth-order valence-corrected chi connectivity index (χ4v) is 4.79. The monoisotopic (exact) mass is 439 g/mol. The summed E-state index contributed by atoms with van der Waals surface area (Å²) >= 11 is 0. The van der Waals surface area contributed by atoms with Gasteiger partial charge in [0.15, 0.2) is 5.03 Å². The summed E-state index contributed by atoms with van der Waals surface area (Å²) in [4.78, 5) is 16.7. The third kappa shape index (κ3) is 3.71. The van der Waals surface area contributed by atoms with Crippen molar-refractivity contribution < 1.29 is 22.0 Å². The van der Waals surface area contributed by atoms with Gasteiger partial charge in [-0.2, -0.15) is 13.9 Å². The minimum Gasteiger partial charge on any atom is -0.321 e. The zero-order chi connectivity index (χ0) is 21.9. The van der Waals surface area contributed by atoms with Gasteiger partial charge in [0.1, 0.15) is 11.4 Å². The highest BCUT2D eigenvalue weighted by atomic mass is 32.2. The van der Waals surface area contributed by atoms with Crippen molar-refractivity contribution in [3.63, 3.8) is 0 Å². The van der Waals surface area contributed by atoms with Crippen LogP contribution in [0.15, 0.2) is 23.4 Å². The molecule has 1 spiro atoms. The average Bonchev–Trinajstić information content (AvgIpc) is 3.38. The number of rotatable bonds is 6. The lowest BCUT2D eigenvalue weighted by Crippen LogP contribution is -2.33. The summed E-state index contributed by atoms with van der Waals surface area (Å²) in [5.74, 6) is -3.53. The van der Waals surface area contributed by atoms with E-state index in [1.54, 1.807) is 0 Å². The molecule has 2 aliphatic rings. The Bertz CT molecular complexity index is 1120. The predicted molar refractivity (Wildman–Crippen MR) is 104 cm³/mol. The van der Waals surface area contributed by atoms with E-state index in [9.17, 15) is 22.0 Å². The number of nitrogens with two attached hydrogens (primary N) is 1. The van der Waals surface area contributed by atoms with E-state index in [2.05, 4.69) is 15.4 Å². The fraction of sp³-hybridized carbons (Fsp3) is 0.526. The molecule has 8 nitrogen and oxygen atoms in total. The smallest absolute Gasteiger partial charge is 0.289 e. The van der Waals surface area contributed by atoms with Gasteiger partial charge in [0.2, 0.25) is 0 Å². The summed E-state index contributed by atoms with van der Waals surface area (Å²) in [5.41, 5.74) is 0.140. The molecule has 3 N–H and O–H groups in total. The van der Waals surface area contributed by atoms with Gasteiger partial charge in [-0.25, -0.2) is 18.5 Å². The van der Waals surface area contributed by atoms with Crippen LogP contribution in [-0.4, -0.2) is 29.1 Å². The van der Waals surface area contributed by atoms with Crippen LogP contribution in [0, 0.1) is 18.3 Å². The number of nitrogens with zero attached hydrogens (tertiary/aromatic N) is 3. The van der Waals surface area contributed by atoms with Gasteiger partial charge in [0, 0.05) is 37.0 Å². The summed E-state index contributed by atoms with van der Waals surface area (Å²) in [6.45, 7) is 2.60. The third-order valence-electron chi connectivity index (χ3n) is 6.25. The van der Waals surface area contributed by atoms with Crippen molar-refractivity contribution in [1.29, 1.82) is 0 Å². The van der Waals surface area contributed by atoms with Crippen molar-refractivity contribution in [3.05, 3.63) is 35.3 Å². The van der Waals surface area contributed by atoms with E-state index >= 15 is 0 Å². The molecule has 0 aliphatic heterocycles. The molecule has 2 aromatic heterocycles. The number of hydrogen-bond acceptors (Lipinski definition) is 5. The SMILES string of the molecule is Cc1c(C(C)(F)F)nn(CC2CCC23CC3)c1C(=O)Nc1ccnc(S(N)(=O)=O)c1. The molecule has 0 radical (unpaired) electrons. The minimum absolute atomic E-state index is 0.0446. The number of primary sulfonamides is 1. The van der Waals surface area contributed by atoms with E-state index < -0.39 is 32.6 Å². The van der Waals surface area contributed by atoms with Crippen molar-refractivity contribution in [2.24, 2.45) is 16.5 Å². The van der Waals surface area contributed by atoms with E-state index in [4.69, 9.17) is 5.14 Å². The number of aromatic nitrogens is 3. The van der Waals surface area contributed by atoms with Crippen LogP contribution in [0.25, 0.3) is 0 Å². The quantitative estimate of drug-likeness (QED) is 0.717. The summed E-state index contributed by atoms with van der Waals surface area (Å²) in [6.07, 6.45) is 5.56. The molecule has 0 saturated heterocycles. The normalized spacial score (nSPS) is 20.1. The van der Waals surface area contributed by atoms with Crippen LogP contribution >= 0.6 is 0 Å². The Morgan fingerprint density at radius 2 is 2.10 bits per heavy atom. The van der Waals surface area contributed by atoms with E-state index in [1.165, 1.54) is 23.9 Å². The van der Waals surface area contributed by atoms with Crippen LogP contribution in [0.1, 0.15) is 54.4 Å². The zero-order valence-corrected chi connectivity index (χ0v) is 17.5. The van der Waals surface area contributed by atoms with Gasteiger partial charge in [-0.3, -0.25) is 9.48 Å². The number of carbonyl (C=O) groups excluding carboxylic acids is 1. The lowest BCUT2D eigenvalue weighted by molar-refractivity contribution is 0.0110. The minimum atomic E-state index is -4.05. The van der Waals surface area contributed by atoms with Crippen molar-refractivity contribution >= 4 is 21.6 Å². The van der Waals surface area contributed by atoms with Crippen molar-refractivity contribution in [1.82, 2.24) is 14.8 Å². The van der Waals surface area contributed by atoms with Gasteiger partial charge >= 0.3 is 0 Å². The maximum Gasteiger partial charge on any atom is 0.289 e. The highest BCUT2D eigenvalue weighted by Gasteiger charge is 2.55. The molecule has 2 aromatic rings. The number of sulfonamides is 1. The molecule has 2 aliphatic carbocycles. The largest absolute Gasteiger partial charge is 0.321 e. The number of alkyl halides is 2. The molecule has 0 bridgehead atoms. The molecule has 1 amide bonds. The Kier molecular flexibility index (Phi) is 4.73. The Hall–Kier alpha value is -2.40. The van der Waals surface area contributed by atoms with E-state index in [1.807, 2.05) is 0 Å². The second kappa shape index (κ2) is 6.81. The predicted octanol–water partition coefficient (Wildman–Crippen LogP) is 2.79. The number of pyridine rings is 1. The average molecular weight is 439 g/mol. The molecular weight excluding hydrogens is 416 g/mol. The second-order valence-electron chi connectivity index (χ2n) is 8.37. The van der Waals surface area contributed by atoms with Crippen LogP contribution in [-0.2, 0) is 22.5 Å². The maximum atomic E-state index is 14.1. The lowest BCUT2D eigenvalue weighted by atomic mass is 9.70. The van der Waals surface area contributed by atoms with Gasteiger partial charge in [-0.1, -0.05) is 0 Å². The van der Waals surface area contributed by atoms with E-state index in [0.717, 1.165) is 38.7 Å². The number of nitrogens with one attached hydrogen (secondary N) is 1. The fourth-order valence-electron chi connectivity index (χ4n) is 4.29. The molecule has 1 atom stereocenters. The van der Waals surface area contributed by atoms with Gasteiger partial charge in [0.25, 0.3) is 21.9 Å². The Morgan fingerprint density at radius 1 is 1.40 bits per heavy atom. The molecule has 2 fully saturated rings. The standard InChI is InChI=1S/C19H23F2N5O3S/c1-11-15(17(27)24-13-4-8-23-14(9-13)30(22,28)29)26(25-16(11)18(2,20)21)10-12-3-5-19(12)6-7-19/h4,8-9,12H,3,5-7,10H2,1-2H3,(H2,22,28,29)(H,23,24,27). The Morgan fingerprint density at radius 3 is 2.63 bits per heavy atom. The number of carbonyl (C=O) groups is 1. The van der Waals surface area contributed by atoms with Crippen LogP contribution in [0.2, 0.25) is 0 Å². The Balaban J connectivity index is 1.66. The molecule has 11 heteroatoms. The van der Waals surface area contributed by atoms with Crippen molar-refractivity contribution in [3.8, 4) is 0 Å². The first-order valence-electron chi connectivity index (χ1n) is 9.67.